The number of ether oxygens (including phenoxy) is 1. The lowest BCUT2D eigenvalue weighted by molar-refractivity contribution is 0.377. The molecule has 0 atom stereocenters. The Morgan fingerprint density at radius 1 is 1.18 bits per heavy atom. The summed E-state index contributed by atoms with van der Waals surface area (Å²) in [5.41, 5.74) is 1.09. The standard InChI is InChI=1S/C11H13N5O/c1-12-10-14-9(15-11(16-10)17-2)7-8-3-5-13-6-4-8/h3-6H,7H2,1-2H3,(H,12,14,15,16). The van der Waals surface area contributed by atoms with Crippen molar-refractivity contribution in [2.75, 3.05) is 19.5 Å². The average Bonchev–Trinajstić information content (AvgIpc) is 2.39. The third-order valence-corrected chi connectivity index (χ3v) is 2.18. The molecular weight excluding hydrogens is 218 g/mol. The van der Waals surface area contributed by atoms with E-state index in [9.17, 15) is 0 Å². The Bertz CT molecular complexity index is 466. The zero-order valence-electron chi connectivity index (χ0n) is 9.71. The van der Waals surface area contributed by atoms with Crippen LogP contribution in [-0.2, 0) is 6.42 Å². The maximum absolute atomic E-state index is 5.02. The SMILES string of the molecule is CNc1nc(Cc2ccncc2)nc(OC)n1. The Hall–Kier alpha value is -2.24. The topological polar surface area (TPSA) is 72.8 Å². The molecule has 0 aliphatic heterocycles. The molecule has 0 radical (unpaired) electrons. The molecule has 6 heteroatoms. The van der Waals surface area contributed by atoms with Gasteiger partial charge in [0, 0.05) is 25.9 Å². The van der Waals surface area contributed by atoms with Gasteiger partial charge in [0.2, 0.25) is 5.95 Å². The number of rotatable bonds is 4. The van der Waals surface area contributed by atoms with Crippen molar-refractivity contribution in [3.8, 4) is 6.01 Å². The summed E-state index contributed by atoms with van der Waals surface area (Å²) < 4.78 is 5.02. The van der Waals surface area contributed by atoms with E-state index in [0.29, 0.717) is 24.2 Å². The van der Waals surface area contributed by atoms with Crippen LogP contribution in [0.3, 0.4) is 0 Å². The lowest BCUT2D eigenvalue weighted by atomic mass is 10.2. The number of anilines is 1. The van der Waals surface area contributed by atoms with Gasteiger partial charge in [0.05, 0.1) is 7.11 Å². The van der Waals surface area contributed by atoms with Crippen molar-refractivity contribution in [1.29, 1.82) is 0 Å². The van der Waals surface area contributed by atoms with E-state index in [0.717, 1.165) is 5.56 Å². The second-order valence-electron chi connectivity index (χ2n) is 3.34. The number of hydrogen-bond donors (Lipinski definition) is 1. The van der Waals surface area contributed by atoms with Gasteiger partial charge in [0.1, 0.15) is 5.82 Å². The Morgan fingerprint density at radius 3 is 2.59 bits per heavy atom. The molecule has 2 heterocycles. The monoisotopic (exact) mass is 231 g/mol. The molecule has 2 aromatic rings. The molecule has 0 unspecified atom stereocenters. The smallest absolute Gasteiger partial charge is 0.321 e. The summed E-state index contributed by atoms with van der Waals surface area (Å²) in [7, 11) is 3.29. The van der Waals surface area contributed by atoms with Crippen LogP contribution < -0.4 is 10.1 Å². The summed E-state index contributed by atoms with van der Waals surface area (Å²) in [6.07, 6.45) is 4.11. The number of methoxy groups -OCH3 is 1. The molecule has 6 nitrogen and oxygen atoms in total. The number of nitrogens with one attached hydrogen (secondary N) is 1. The van der Waals surface area contributed by atoms with Crippen LogP contribution in [0.1, 0.15) is 11.4 Å². The van der Waals surface area contributed by atoms with Gasteiger partial charge in [-0.15, -0.1) is 0 Å². The maximum atomic E-state index is 5.02. The molecule has 0 aliphatic rings. The molecule has 88 valence electrons. The van der Waals surface area contributed by atoms with E-state index in [2.05, 4.69) is 25.3 Å². The Labute approximate surface area is 99.1 Å². The fourth-order valence-corrected chi connectivity index (χ4v) is 1.36. The minimum Gasteiger partial charge on any atom is -0.467 e. The van der Waals surface area contributed by atoms with Gasteiger partial charge in [0.15, 0.2) is 0 Å². The second kappa shape index (κ2) is 5.20. The van der Waals surface area contributed by atoms with Gasteiger partial charge in [-0.3, -0.25) is 4.98 Å². The molecule has 0 saturated heterocycles. The molecule has 2 rings (SSSR count). The van der Waals surface area contributed by atoms with E-state index in [4.69, 9.17) is 4.74 Å². The van der Waals surface area contributed by atoms with Crippen molar-refractivity contribution in [3.05, 3.63) is 35.9 Å². The summed E-state index contributed by atoms with van der Waals surface area (Å²) in [4.78, 5) is 16.5. The van der Waals surface area contributed by atoms with Crippen LogP contribution in [0.5, 0.6) is 6.01 Å². The van der Waals surface area contributed by atoms with Gasteiger partial charge in [-0.25, -0.2) is 0 Å². The lowest BCUT2D eigenvalue weighted by Gasteiger charge is -2.05. The van der Waals surface area contributed by atoms with Crippen molar-refractivity contribution in [3.63, 3.8) is 0 Å². The first-order chi connectivity index (χ1) is 8.31. The fraction of sp³-hybridized carbons (Fsp3) is 0.273. The van der Waals surface area contributed by atoms with Crippen molar-refractivity contribution in [1.82, 2.24) is 19.9 Å². The van der Waals surface area contributed by atoms with Crippen LogP contribution in [-0.4, -0.2) is 34.1 Å². The first-order valence-corrected chi connectivity index (χ1v) is 5.17. The van der Waals surface area contributed by atoms with Crippen molar-refractivity contribution in [2.24, 2.45) is 0 Å². The minimum absolute atomic E-state index is 0.313. The quantitative estimate of drug-likeness (QED) is 0.843. The molecule has 0 spiro atoms. The van der Waals surface area contributed by atoms with Crippen LogP contribution in [0, 0.1) is 0 Å². The average molecular weight is 231 g/mol. The van der Waals surface area contributed by atoms with E-state index in [1.165, 1.54) is 7.11 Å². The summed E-state index contributed by atoms with van der Waals surface area (Å²) in [6, 6.07) is 4.17. The summed E-state index contributed by atoms with van der Waals surface area (Å²) in [6.45, 7) is 0. The summed E-state index contributed by atoms with van der Waals surface area (Å²) in [5.74, 6) is 1.16. The molecule has 0 fully saturated rings. The molecular formula is C11H13N5O. The number of pyridine rings is 1. The van der Waals surface area contributed by atoms with E-state index >= 15 is 0 Å². The van der Waals surface area contributed by atoms with Crippen LogP contribution in [0.15, 0.2) is 24.5 Å². The van der Waals surface area contributed by atoms with Crippen LogP contribution in [0.2, 0.25) is 0 Å². The van der Waals surface area contributed by atoms with Gasteiger partial charge < -0.3 is 10.1 Å². The van der Waals surface area contributed by atoms with Crippen LogP contribution >= 0.6 is 0 Å². The highest BCUT2D eigenvalue weighted by molar-refractivity contribution is 5.26. The number of nitrogens with zero attached hydrogens (tertiary/aromatic N) is 4. The predicted octanol–water partition coefficient (Wildman–Crippen LogP) is 0.908. The van der Waals surface area contributed by atoms with Gasteiger partial charge in [-0.2, -0.15) is 15.0 Å². The normalized spacial score (nSPS) is 10.0. The number of hydrogen-bond acceptors (Lipinski definition) is 6. The molecule has 0 saturated carbocycles. The molecule has 0 aliphatic carbocycles. The van der Waals surface area contributed by atoms with Crippen molar-refractivity contribution >= 4 is 5.95 Å². The van der Waals surface area contributed by atoms with Crippen molar-refractivity contribution < 1.29 is 4.74 Å². The zero-order chi connectivity index (χ0) is 12.1. The Kier molecular flexibility index (Phi) is 3.44. The minimum atomic E-state index is 0.313. The molecule has 2 aromatic heterocycles. The summed E-state index contributed by atoms with van der Waals surface area (Å²) >= 11 is 0. The summed E-state index contributed by atoms with van der Waals surface area (Å²) in [5, 5.41) is 2.87. The largest absolute Gasteiger partial charge is 0.467 e. The van der Waals surface area contributed by atoms with Gasteiger partial charge in [-0.05, 0) is 17.7 Å². The van der Waals surface area contributed by atoms with Gasteiger partial charge in [-0.1, -0.05) is 0 Å². The van der Waals surface area contributed by atoms with Gasteiger partial charge >= 0.3 is 6.01 Å². The van der Waals surface area contributed by atoms with Gasteiger partial charge in [0.25, 0.3) is 0 Å². The second-order valence-corrected chi connectivity index (χ2v) is 3.34. The first kappa shape index (κ1) is 11.3. The third-order valence-electron chi connectivity index (χ3n) is 2.18. The van der Waals surface area contributed by atoms with Crippen molar-refractivity contribution in [2.45, 2.75) is 6.42 Å². The van der Waals surface area contributed by atoms with E-state index in [1.807, 2.05) is 12.1 Å². The lowest BCUT2D eigenvalue weighted by Crippen LogP contribution is -2.06. The highest BCUT2D eigenvalue weighted by Crippen LogP contribution is 2.10. The number of aromatic nitrogens is 4. The third kappa shape index (κ3) is 2.87. The molecule has 1 N–H and O–H groups in total. The molecule has 0 aromatic carbocycles. The first-order valence-electron chi connectivity index (χ1n) is 5.17. The molecule has 17 heavy (non-hydrogen) atoms. The van der Waals surface area contributed by atoms with Crippen LogP contribution in [0.25, 0.3) is 0 Å². The Balaban J connectivity index is 2.26. The zero-order valence-corrected chi connectivity index (χ0v) is 9.71. The van der Waals surface area contributed by atoms with E-state index in [-0.39, 0.29) is 0 Å². The molecule has 0 bridgehead atoms. The van der Waals surface area contributed by atoms with Crippen LogP contribution in [0.4, 0.5) is 5.95 Å². The Morgan fingerprint density at radius 2 is 1.94 bits per heavy atom. The maximum Gasteiger partial charge on any atom is 0.321 e. The highest BCUT2D eigenvalue weighted by Gasteiger charge is 2.06. The molecule has 0 amide bonds. The predicted molar refractivity (Wildman–Crippen MR) is 63.0 cm³/mol. The highest BCUT2D eigenvalue weighted by atomic mass is 16.5. The van der Waals surface area contributed by atoms with E-state index < -0.39 is 0 Å². The van der Waals surface area contributed by atoms with E-state index in [1.54, 1.807) is 19.4 Å². The fourth-order valence-electron chi connectivity index (χ4n) is 1.36.